The molecule has 1 aliphatic rings. The van der Waals surface area contributed by atoms with Crippen LogP contribution >= 0.6 is 0 Å². The van der Waals surface area contributed by atoms with Gasteiger partial charge in [-0.3, -0.25) is 4.90 Å². The molecule has 7 heteroatoms. The lowest BCUT2D eigenvalue weighted by Gasteiger charge is -2.36. The summed E-state index contributed by atoms with van der Waals surface area (Å²) < 4.78 is 33.4. The molecule has 6 nitrogen and oxygen atoms in total. The first kappa shape index (κ1) is 21.6. The summed E-state index contributed by atoms with van der Waals surface area (Å²) in [6, 6.07) is 15.8. The van der Waals surface area contributed by atoms with Gasteiger partial charge in [0.15, 0.2) is 0 Å². The van der Waals surface area contributed by atoms with Gasteiger partial charge in [0.25, 0.3) is 0 Å². The highest BCUT2D eigenvalue weighted by Crippen LogP contribution is 2.25. The van der Waals surface area contributed by atoms with E-state index in [2.05, 4.69) is 38.8 Å². The van der Waals surface area contributed by atoms with Gasteiger partial charge in [-0.25, -0.2) is 13.1 Å². The third-order valence-corrected chi connectivity index (χ3v) is 6.84. The molecule has 1 saturated heterocycles. The molecule has 1 aliphatic heterocycles. The molecule has 0 amide bonds. The summed E-state index contributed by atoms with van der Waals surface area (Å²) >= 11 is 0. The Labute approximate surface area is 174 Å². The number of ether oxygens (including phenoxy) is 1. The van der Waals surface area contributed by atoms with E-state index in [9.17, 15) is 8.42 Å². The fourth-order valence-electron chi connectivity index (χ4n) is 3.61. The standard InChI is InChI=1S/C22H31N3O3S/c1-3-19-10-11-21(28-2)22(18-19)29(26,27)23-12-7-13-24-14-16-25(17-15-24)20-8-5-4-6-9-20/h4-6,8-11,18,23H,3,7,12-17H2,1-2H3. The predicted molar refractivity (Wildman–Crippen MR) is 117 cm³/mol. The smallest absolute Gasteiger partial charge is 0.244 e. The van der Waals surface area contributed by atoms with Gasteiger partial charge in [-0.2, -0.15) is 0 Å². The number of sulfonamides is 1. The van der Waals surface area contributed by atoms with E-state index >= 15 is 0 Å². The topological polar surface area (TPSA) is 61.9 Å². The Bertz CT molecular complexity index is 879. The van der Waals surface area contributed by atoms with Gasteiger partial charge in [0.1, 0.15) is 10.6 Å². The molecule has 0 atom stereocenters. The van der Waals surface area contributed by atoms with Gasteiger partial charge >= 0.3 is 0 Å². The lowest BCUT2D eigenvalue weighted by molar-refractivity contribution is 0.255. The van der Waals surface area contributed by atoms with E-state index < -0.39 is 10.0 Å². The first-order chi connectivity index (χ1) is 14.0. The molecule has 0 unspecified atom stereocenters. The zero-order valence-corrected chi connectivity index (χ0v) is 18.1. The number of piperazine rings is 1. The zero-order valence-electron chi connectivity index (χ0n) is 17.3. The number of nitrogens with one attached hydrogen (secondary N) is 1. The molecule has 2 aromatic carbocycles. The Balaban J connectivity index is 1.46. The summed E-state index contributed by atoms with van der Waals surface area (Å²) in [5.74, 6) is 0.381. The fourth-order valence-corrected chi connectivity index (χ4v) is 4.90. The molecule has 29 heavy (non-hydrogen) atoms. The minimum absolute atomic E-state index is 0.218. The van der Waals surface area contributed by atoms with E-state index in [1.807, 2.05) is 19.1 Å². The van der Waals surface area contributed by atoms with Crippen LogP contribution < -0.4 is 14.4 Å². The van der Waals surface area contributed by atoms with Crippen molar-refractivity contribution in [2.24, 2.45) is 0 Å². The highest BCUT2D eigenvalue weighted by Gasteiger charge is 2.20. The molecule has 158 valence electrons. The highest BCUT2D eigenvalue weighted by molar-refractivity contribution is 7.89. The number of aryl methyl sites for hydroxylation is 1. The summed E-state index contributed by atoms with van der Waals surface area (Å²) in [5.41, 5.74) is 2.24. The van der Waals surface area contributed by atoms with Crippen LogP contribution in [0.25, 0.3) is 0 Å². The average Bonchev–Trinajstić information content (AvgIpc) is 2.77. The van der Waals surface area contributed by atoms with Gasteiger partial charge in [0.05, 0.1) is 7.11 Å². The zero-order chi connectivity index (χ0) is 20.7. The van der Waals surface area contributed by atoms with Crippen molar-refractivity contribution in [3.63, 3.8) is 0 Å². The molecular weight excluding hydrogens is 386 g/mol. The Morgan fingerprint density at radius 1 is 1.03 bits per heavy atom. The van der Waals surface area contributed by atoms with E-state index in [0.717, 1.165) is 51.1 Å². The minimum Gasteiger partial charge on any atom is -0.495 e. The Hall–Kier alpha value is -2.09. The van der Waals surface area contributed by atoms with Gasteiger partial charge < -0.3 is 9.64 Å². The molecule has 2 aromatic rings. The van der Waals surface area contributed by atoms with Crippen LogP contribution in [-0.4, -0.2) is 59.7 Å². The third-order valence-electron chi connectivity index (χ3n) is 5.36. The lowest BCUT2D eigenvalue weighted by Crippen LogP contribution is -2.47. The molecule has 0 aliphatic carbocycles. The molecule has 0 radical (unpaired) electrons. The van der Waals surface area contributed by atoms with Crippen molar-refractivity contribution in [3.8, 4) is 5.75 Å². The largest absolute Gasteiger partial charge is 0.495 e. The van der Waals surface area contributed by atoms with Crippen LogP contribution in [0.3, 0.4) is 0 Å². The summed E-state index contributed by atoms with van der Waals surface area (Å²) in [6.07, 6.45) is 1.56. The van der Waals surface area contributed by atoms with Gasteiger partial charge in [-0.05, 0) is 49.2 Å². The summed E-state index contributed by atoms with van der Waals surface area (Å²) in [5, 5.41) is 0. The molecule has 1 heterocycles. The van der Waals surface area contributed by atoms with E-state index in [1.165, 1.54) is 12.8 Å². The molecule has 0 bridgehead atoms. The Morgan fingerprint density at radius 2 is 1.76 bits per heavy atom. The highest BCUT2D eigenvalue weighted by atomic mass is 32.2. The summed E-state index contributed by atoms with van der Waals surface area (Å²) in [6.45, 7) is 7.29. The first-order valence-electron chi connectivity index (χ1n) is 10.2. The first-order valence-corrected chi connectivity index (χ1v) is 11.7. The van der Waals surface area contributed by atoms with Gasteiger partial charge in [-0.15, -0.1) is 0 Å². The number of methoxy groups -OCH3 is 1. The second-order valence-corrected chi connectivity index (χ2v) is 8.99. The Morgan fingerprint density at radius 3 is 2.41 bits per heavy atom. The average molecular weight is 418 g/mol. The number of benzene rings is 2. The number of para-hydroxylation sites is 1. The van der Waals surface area contributed by atoms with Crippen molar-refractivity contribution in [1.82, 2.24) is 9.62 Å². The molecule has 1 N–H and O–H groups in total. The molecule has 0 saturated carbocycles. The monoisotopic (exact) mass is 417 g/mol. The van der Waals surface area contributed by atoms with Crippen molar-refractivity contribution in [3.05, 3.63) is 54.1 Å². The number of nitrogens with zero attached hydrogens (tertiary/aromatic N) is 2. The van der Waals surface area contributed by atoms with Crippen LogP contribution in [0.2, 0.25) is 0 Å². The molecular formula is C22H31N3O3S. The van der Waals surface area contributed by atoms with Crippen LogP contribution in [0.15, 0.2) is 53.4 Å². The van der Waals surface area contributed by atoms with E-state index in [4.69, 9.17) is 4.74 Å². The quantitative estimate of drug-likeness (QED) is 0.636. The van der Waals surface area contributed by atoms with Crippen molar-refractivity contribution < 1.29 is 13.2 Å². The predicted octanol–water partition coefficient (Wildman–Crippen LogP) is 2.75. The maximum absolute atomic E-state index is 12.7. The van der Waals surface area contributed by atoms with Crippen LogP contribution in [-0.2, 0) is 16.4 Å². The second-order valence-electron chi connectivity index (χ2n) is 7.25. The van der Waals surface area contributed by atoms with E-state index in [1.54, 1.807) is 12.1 Å². The van der Waals surface area contributed by atoms with Crippen molar-refractivity contribution in [2.45, 2.75) is 24.7 Å². The number of rotatable bonds is 9. The van der Waals surface area contributed by atoms with Crippen LogP contribution in [0.1, 0.15) is 18.9 Å². The Kier molecular flexibility index (Phi) is 7.52. The molecule has 0 spiro atoms. The molecule has 0 aromatic heterocycles. The third kappa shape index (κ3) is 5.72. The maximum atomic E-state index is 12.7. The van der Waals surface area contributed by atoms with Gasteiger partial charge in [0, 0.05) is 38.4 Å². The maximum Gasteiger partial charge on any atom is 0.244 e. The lowest BCUT2D eigenvalue weighted by atomic mass is 10.2. The normalized spacial score (nSPS) is 15.4. The molecule has 1 fully saturated rings. The summed E-state index contributed by atoms with van der Waals surface area (Å²) in [7, 11) is -2.09. The van der Waals surface area contributed by atoms with E-state index in [0.29, 0.717) is 12.3 Å². The van der Waals surface area contributed by atoms with Crippen LogP contribution in [0.4, 0.5) is 5.69 Å². The van der Waals surface area contributed by atoms with Crippen molar-refractivity contribution >= 4 is 15.7 Å². The fraction of sp³-hybridized carbons (Fsp3) is 0.455. The number of anilines is 1. The van der Waals surface area contributed by atoms with Crippen LogP contribution in [0.5, 0.6) is 5.75 Å². The number of hydrogen-bond donors (Lipinski definition) is 1. The SMILES string of the molecule is CCc1ccc(OC)c(S(=O)(=O)NCCCN2CCN(c3ccccc3)CC2)c1. The minimum atomic E-state index is -3.59. The summed E-state index contributed by atoms with van der Waals surface area (Å²) in [4.78, 5) is 5.01. The second kappa shape index (κ2) is 10.1. The van der Waals surface area contributed by atoms with Gasteiger partial charge in [-0.1, -0.05) is 31.2 Å². The van der Waals surface area contributed by atoms with E-state index in [-0.39, 0.29) is 4.90 Å². The van der Waals surface area contributed by atoms with Crippen molar-refractivity contribution in [1.29, 1.82) is 0 Å². The van der Waals surface area contributed by atoms with Crippen LogP contribution in [0, 0.1) is 0 Å². The van der Waals surface area contributed by atoms with Gasteiger partial charge in [0.2, 0.25) is 10.0 Å². The number of hydrogen-bond acceptors (Lipinski definition) is 5. The molecule has 3 rings (SSSR count). The van der Waals surface area contributed by atoms with Crippen molar-refractivity contribution in [2.75, 3.05) is 51.3 Å².